The molecule has 20 heavy (non-hydrogen) atoms. The van der Waals surface area contributed by atoms with Crippen molar-refractivity contribution in [1.82, 2.24) is 5.32 Å². The highest BCUT2D eigenvalue weighted by Gasteiger charge is 2.21. The number of amides is 1. The van der Waals surface area contributed by atoms with E-state index in [1.54, 1.807) is 26.0 Å². The van der Waals surface area contributed by atoms with Crippen molar-refractivity contribution in [3.8, 4) is 5.75 Å². The lowest BCUT2D eigenvalue weighted by atomic mass is 10.1. The highest BCUT2D eigenvalue weighted by Crippen LogP contribution is 2.20. The Bertz CT molecular complexity index is 436. The second kappa shape index (κ2) is 6.75. The van der Waals surface area contributed by atoms with Gasteiger partial charge < -0.3 is 15.2 Å². The van der Waals surface area contributed by atoms with Crippen molar-refractivity contribution in [3.63, 3.8) is 0 Å². The first-order valence-electron chi connectivity index (χ1n) is 7.31. The SMILES string of the molecule is CC(Oc1ccc([C@@H](C)O)cc1)C(=O)NC1CCCC1. The van der Waals surface area contributed by atoms with Crippen LogP contribution in [0.5, 0.6) is 5.75 Å². The molecule has 1 amide bonds. The molecule has 0 saturated heterocycles. The van der Waals surface area contributed by atoms with Gasteiger partial charge in [-0.2, -0.15) is 0 Å². The number of rotatable bonds is 5. The Balaban J connectivity index is 1.86. The van der Waals surface area contributed by atoms with E-state index >= 15 is 0 Å². The Labute approximate surface area is 120 Å². The summed E-state index contributed by atoms with van der Waals surface area (Å²) in [6.45, 7) is 3.47. The van der Waals surface area contributed by atoms with Crippen molar-refractivity contribution in [2.24, 2.45) is 0 Å². The molecule has 4 heteroatoms. The van der Waals surface area contributed by atoms with Crippen LogP contribution in [0.15, 0.2) is 24.3 Å². The van der Waals surface area contributed by atoms with E-state index in [-0.39, 0.29) is 5.91 Å². The maximum absolute atomic E-state index is 12.0. The van der Waals surface area contributed by atoms with Crippen LogP contribution in [0, 0.1) is 0 Å². The third kappa shape index (κ3) is 3.97. The van der Waals surface area contributed by atoms with Gasteiger partial charge in [-0.3, -0.25) is 4.79 Å². The predicted molar refractivity (Wildman–Crippen MR) is 77.6 cm³/mol. The van der Waals surface area contributed by atoms with Crippen LogP contribution in [0.4, 0.5) is 0 Å². The van der Waals surface area contributed by atoms with Crippen LogP contribution >= 0.6 is 0 Å². The molecule has 0 bridgehead atoms. The predicted octanol–water partition coefficient (Wildman–Crippen LogP) is 2.57. The first-order chi connectivity index (χ1) is 9.56. The number of hydrogen-bond donors (Lipinski definition) is 2. The molecule has 110 valence electrons. The molecule has 2 N–H and O–H groups in total. The summed E-state index contributed by atoms with van der Waals surface area (Å²) < 4.78 is 5.63. The Morgan fingerprint density at radius 1 is 1.25 bits per heavy atom. The molecule has 0 heterocycles. The van der Waals surface area contributed by atoms with Crippen molar-refractivity contribution in [1.29, 1.82) is 0 Å². The molecule has 1 aromatic rings. The highest BCUT2D eigenvalue weighted by molar-refractivity contribution is 5.81. The molecule has 0 radical (unpaired) electrons. The summed E-state index contributed by atoms with van der Waals surface area (Å²) in [5.74, 6) is 0.583. The Morgan fingerprint density at radius 3 is 2.40 bits per heavy atom. The number of hydrogen-bond acceptors (Lipinski definition) is 3. The van der Waals surface area contributed by atoms with E-state index in [1.807, 2.05) is 12.1 Å². The number of carbonyl (C=O) groups is 1. The zero-order chi connectivity index (χ0) is 14.5. The van der Waals surface area contributed by atoms with E-state index in [1.165, 1.54) is 12.8 Å². The maximum atomic E-state index is 12.0. The van der Waals surface area contributed by atoms with E-state index in [0.717, 1.165) is 18.4 Å². The van der Waals surface area contributed by atoms with Gasteiger partial charge in [-0.25, -0.2) is 0 Å². The van der Waals surface area contributed by atoms with Gasteiger partial charge in [-0.05, 0) is 44.4 Å². The largest absolute Gasteiger partial charge is 0.481 e. The third-order valence-electron chi connectivity index (χ3n) is 3.75. The van der Waals surface area contributed by atoms with E-state index in [2.05, 4.69) is 5.32 Å². The molecule has 0 aliphatic heterocycles. The fourth-order valence-electron chi connectivity index (χ4n) is 2.47. The maximum Gasteiger partial charge on any atom is 0.260 e. The molecule has 4 nitrogen and oxygen atoms in total. The van der Waals surface area contributed by atoms with Crippen molar-refractivity contribution >= 4 is 5.91 Å². The van der Waals surface area contributed by atoms with Crippen molar-refractivity contribution in [3.05, 3.63) is 29.8 Å². The molecule has 1 unspecified atom stereocenters. The minimum atomic E-state index is -0.506. The molecule has 2 rings (SSSR count). The smallest absolute Gasteiger partial charge is 0.260 e. The van der Waals surface area contributed by atoms with Gasteiger partial charge in [0.1, 0.15) is 5.75 Å². The number of aliphatic hydroxyl groups excluding tert-OH is 1. The van der Waals surface area contributed by atoms with Gasteiger partial charge in [0, 0.05) is 6.04 Å². The molecule has 1 aliphatic carbocycles. The van der Waals surface area contributed by atoms with Gasteiger partial charge in [0.15, 0.2) is 6.10 Å². The fourth-order valence-corrected chi connectivity index (χ4v) is 2.47. The quantitative estimate of drug-likeness (QED) is 0.869. The summed E-state index contributed by atoms with van der Waals surface area (Å²) in [4.78, 5) is 12.0. The Hall–Kier alpha value is -1.55. The first kappa shape index (κ1) is 14.9. The third-order valence-corrected chi connectivity index (χ3v) is 3.75. The molecular formula is C16H23NO3. The lowest BCUT2D eigenvalue weighted by molar-refractivity contribution is -0.127. The van der Waals surface area contributed by atoms with E-state index in [9.17, 15) is 9.90 Å². The average molecular weight is 277 g/mol. The Morgan fingerprint density at radius 2 is 1.85 bits per heavy atom. The van der Waals surface area contributed by atoms with Gasteiger partial charge >= 0.3 is 0 Å². The monoisotopic (exact) mass is 277 g/mol. The fraction of sp³-hybridized carbons (Fsp3) is 0.562. The summed E-state index contributed by atoms with van der Waals surface area (Å²) in [6.07, 6.45) is 3.53. The van der Waals surface area contributed by atoms with Crippen molar-refractivity contribution in [2.45, 2.75) is 57.8 Å². The molecule has 1 saturated carbocycles. The van der Waals surface area contributed by atoms with Crippen LogP contribution < -0.4 is 10.1 Å². The highest BCUT2D eigenvalue weighted by atomic mass is 16.5. The average Bonchev–Trinajstić information content (AvgIpc) is 2.92. The van der Waals surface area contributed by atoms with Gasteiger partial charge in [0.2, 0.25) is 0 Å². The van der Waals surface area contributed by atoms with Crippen LogP contribution in [0.25, 0.3) is 0 Å². The number of carbonyl (C=O) groups excluding carboxylic acids is 1. The molecule has 1 aromatic carbocycles. The van der Waals surface area contributed by atoms with Gasteiger partial charge in [0.25, 0.3) is 5.91 Å². The van der Waals surface area contributed by atoms with Crippen LogP contribution in [-0.2, 0) is 4.79 Å². The summed E-state index contributed by atoms with van der Waals surface area (Å²) in [5, 5.41) is 12.5. The number of nitrogens with one attached hydrogen (secondary N) is 1. The number of aliphatic hydroxyl groups is 1. The normalized spacial score (nSPS) is 18.6. The second-order valence-corrected chi connectivity index (χ2v) is 5.50. The van der Waals surface area contributed by atoms with Crippen molar-refractivity contribution < 1.29 is 14.6 Å². The zero-order valence-electron chi connectivity index (χ0n) is 12.1. The van der Waals surface area contributed by atoms with Crippen LogP contribution in [0.2, 0.25) is 0 Å². The summed E-state index contributed by atoms with van der Waals surface area (Å²) >= 11 is 0. The Kier molecular flexibility index (Phi) is 5.01. The molecule has 2 atom stereocenters. The second-order valence-electron chi connectivity index (χ2n) is 5.50. The molecule has 0 aromatic heterocycles. The lowest BCUT2D eigenvalue weighted by Gasteiger charge is -2.18. The van der Waals surface area contributed by atoms with E-state index in [0.29, 0.717) is 11.8 Å². The van der Waals surface area contributed by atoms with E-state index in [4.69, 9.17) is 4.74 Å². The van der Waals surface area contributed by atoms with E-state index < -0.39 is 12.2 Å². The number of ether oxygens (including phenoxy) is 1. The lowest BCUT2D eigenvalue weighted by Crippen LogP contribution is -2.41. The first-order valence-corrected chi connectivity index (χ1v) is 7.31. The van der Waals surface area contributed by atoms with Gasteiger partial charge in [0.05, 0.1) is 6.10 Å². The van der Waals surface area contributed by atoms with Crippen LogP contribution in [-0.4, -0.2) is 23.2 Å². The molecule has 1 fully saturated rings. The standard InChI is InChI=1S/C16H23NO3/c1-11(18)13-7-9-15(10-8-13)20-12(2)16(19)17-14-5-3-4-6-14/h7-12,14,18H,3-6H2,1-2H3,(H,17,19)/t11-,12?/m1/s1. The summed E-state index contributed by atoms with van der Waals surface area (Å²) in [5.41, 5.74) is 0.834. The van der Waals surface area contributed by atoms with Gasteiger partial charge in [-0.15, -0.1) is 0 Å². The number of benzene rings is 1. The molecule has 0 spiro atoms. The molecule has 1 aliphatic rings. The van der Waals surface area contributed by atoms with Gasteiger partial charge in [-0.1, -0.05) is 25.0 Å². The minimum absolute atomic E-state index is 0.0588. The van der Waals surface area contributed by atoms with Crippen LogP contribution in [0.3, 0.4) is 0 Å². The minimum Gasteiger partial charge on any atom is -0.481 e. The van der Waals surface area contributed by atoms with Crippen molar-refractivity contribution in [2.75, 3.05) is 0 Å². The molecular weight excluding hydrogens is 254 g/mol. The summed E-state index contributed by atoms with van der Waals surface area (Å²) in [6, 6.07) is 7.48. The zero-order valence-corrected chi connectivity index (χ0v) is 12.1. The summed E-state index contributed by atoms with van der Waals surface area (Å²) in [7, 11) is 0. The topological polar surface area (TPSA) is 58.6 Å². The van der Waals surface area contributed by atoms with Crippen LogP contribution in [0.1, 0.15) is 51.2 Å².